The molecule has 0 atom stereocenters. The molecule has 0 bridgehead atoms. The van der Waals surface area contributed by atoms with E-state index in [0.717, 1.165) is 23.6 Å². The first-order valence-electron chi connectivity index (χ1n) is 10.8. The molecule has 0 aromatic heterocycles. The molecule has 31 heavy (non-hydrogen) atoms. The van der Waals surface area contributed by atoms with Crippen molar-refractivity contribution in [2.24, 2.45) is 5.41 Å². The van der Waals surface area contributed by atoms with Crippen molar-refractivity contribution in [2.45, 2.75) is 67.2 Å². The lowest BCUT2D eigenvalue weighted by molar-refractivity contribution is -0.131. The van der Waals surface area contributed by atoms with Crippen molar-refractivity contribution < 1.29 is 19.0 Å². The number of carboxylic acids is 1. The van der Waals surface area contributed by atoms with Crippen molar-refractivity contribution in [2.75, 3.05) is 6.61 Å². The van der Waals surface area contributed by atoms with Gasteiger partial charge in [0.2, 0.25) is 0 Å². The smallest absolute Gasteiger partial charge is 0.328 e. The molecule has 0 saturated heterocycles. The average Bonchev–Trinajstić information content (AvgIpc) is 2.64. The van der Waals surface area contributed by atoms with Gasteiger partial charge < -0.3 is 9.84 Å². The zero-order valence-electron chi connectivity index (χ0n) is 20.0. The van der Waals surface area contributed by atoms with E-state index in [1.165, 1.54) is 23.3 Å². The molecular formula is C27H35FO3. The Morgan fingerprint density at radius 3 is 2.42 bits per heavy atom. The van der Waals surface area contributed by atoms with Crippen LogP contribution in [0.2, 0.25) is 0 Å². The molecule has 3 nitrogen and oxygen atoms in total. The van der Waals surface area contributed by atoms with Crippen LogP contribution in [0, 0.1) is 5.41 Å². The molecule has 0 saturated carbocycles. The fourth-order valence-corrected chi connectivity index (χ4v) is 3.92. The van der Waals surface area contributed by atoms with E-state index in [4.69, 9.17) is 9.84 Å². The van der Waals surface area contributed by atoms with Crippen LogP contribution in [0.4, 0.5) is 4.39 Å². The lowest BCUT2D eigenvalue weighted by atomic mass is 9.67. The number of allylic oxidation sites excluding steroid dienone is 7. The van der Waals surface area contributed by atoms with Gasteiger partial charge in [0.1, 0.15) is 11.6 Å². The zero-order chi connectivity index (χ0) is 23.6. The molecule has 1 aromatic carbocycles. The molecule has 0 heterocycles. The minimum atomic E-state index is -1.05. The highest BCUT2D eigenvalue weighted by molar-refractivity contribution is 5.82. The molecule has 0 aliphatic heterocycles. The van der Waals surface area contributed by atoms with Gasteiger partial charge in [-0.1, -0.05) is 46.8 Å². The van der Waals surface area contributed by atoms with E-state index < -0.39 is 11.8 Å². The van der Waals surface area contributed by atoms with Gasteiger partial charge in [-0.15, -0.1) is 0 Å². The van der Waals surface area contributed by atoms with Crippen molar-refractivity contribution in [3.63, 3.8) is 0 Å². The van der Waals surface area contributed by atoms with Gasteiger partial charge in [-0.3, -0.25) is 0 Å². The summed E-state index contributed by atoms with van der Waals surface area (Å²) in [5, 5.41) is 8.84. The van der Waals surface area contributed by atoms with E-state index in [-0.39, 0.29) is 10.8 Å². The monoisotopic (exact) mass is 426 g/mol. The molecule has 168 valence electrons. The maximum Gasteiger partial charge on any atom is 0.328 e. The van der Waals surface area contributed by atoms with Gasteiger partial charge in [-0.2, -0.15) is 0 Å². The summed E-state index contributed by atoms with van der Waals surface area (Å²) in [6.07, 6.45) is 7.08. The van der Waals surface area contributed by atoms with Crippen molar-refractivity contribution in [3.05, 3.63) is 64.5 Å². The Morgan fingerprint density at radius 2 is 1.87 bits per heavy atom. The van der Waals surface area contributed by atoms with Crippen LogP contribution in [0.15, 0.2) is 47.8 Å². The van der Waals surface area contributed by atoms with Crippen LogP contribution in [0.1, 0.15) is 78.5 Å². The fourth-order valence-electron chi connectivity index (χ4n) is 3.92. The number of aliphatic carboxylic acids is 1. The molecule has 1 aliphatic carbocycles. The van der Waals surface area contributed by atoms with Gasteiger partial charge in [-0.05, 0) is 84.1 Å². The van der Waals surface area contributed by atoms with Crippen LogP contribution in [-0.2, 0) is 10.2 Å². The quantitative estimate of drug-likeness (QED) is 0.379. The number of rotatable bonds is 6. The Bertz CT molecular complexity index is 982. The van der Waals surface area contributed by atoms with Crippen molar-refractivity contribution in [3.8, 4) is 5.75 Å². The van der Waals surface area contributed by atoms with E-state index in [0.29, 0.717) is 23.5 Å². The third-order valence-electron chi connectivity index (χ3n) is 5.67. The van der Waals surface area contributed by atoms with Crippen LogP contribution in [0.25, 0.3) is 11.1 Å². The first-order valence-corrected chi connectivity index (χ1v) is 10.8. The van der Waals surface area contributed by atoms with Gasteiger partial charge in [0.25, 0.3) is 0 Å². The Kier molecular flexibility index (Phi) is 7.36. The minimum Gasteiger partial charge on any atom is -0.493 e. The molecule has 0 unspecified atom stereocenters. The van der Waals surface area contributed by atoms with Gasteiger partial charge in [0.05, 0.1) is 6.61 Å². The van der Waals surface area contributed by atoms with Gasteiger partial charge in [0, 0.05) is 11.6 Å². The van der Waals surface area contributed by atoms with Crippen LogP contribution < -0.4 is 4.74 Å². The lowest BCUT2D eigenvalue weighted by Crippen LogP contribution is -2.25. The summed E-state index contributed by atoms with van der Waals surface area (Å²) < 4.78 is 21.0. The molecule has 1 aliphatic rings. The number of hydrogen-bond acceptors (Lipinski definition) is 2. The van der Waals surface area contributed by atoms with E-state index >= 15 is 4.39 Å². The molecule has 4 heteroatoms. The molecular weight excluding hydrogens is 391 g/mol. The number of hydrogen-bond donors (Lipinski definition) is 1. The van der Waals surface area contributed by atoms with Crippen LogP contribution in [0.5, 0.6) is 5.75 Å². The van der Waals surface area contributed by atoms with Crippen molar-refractivity contribution >= 4 is 17.1 Å². The Hall–Kier alpha value is -2.62. The van der Waals surface area contributed by atoms with E-state index in [9.17, 15) is 4.79 Å². The molecule has 0 spiro atoms. The van der Waals surface area contributed by atoms with E-state index in [1.807, 2.05) is 6.92 Å². The standard InChI is InChI=1S/C27H35FO3/c1-9-31-24-16-22-20(21(26(4,5)6)12-13-27(22,7)8)15-19(24)18(3)23(28)11-10-17(2)14-25(29)30/h10-12,14-16H,9,13H2,1-8H3,(H,29,30)/b11-10+,17-14+,23-18+. The molecule has 0 fully saturated rings. The molecule has 0 radical (unpaired) electrons. The number of halogens is 1. The van der Waals surface area contributed by atoms with Crippen LogP contribution in [0.3, 0.4) is 0 Å². The van der Waals surface area contributed by atoms with Gasteiger partial charge in [-0.25, -0.2) is 9.18 Å². The summed E-state index contributed by atoms with van der Waals surface area (Å²) in [7, 11) is 0. The summed E-state index contributed by atoms with van der Waals surface area (Å²) in [6, 6.07) is 4.13. The number of carbonyl (C=O) groups is 1. The molecule has 0 amide bonds. The van der Waals surface area contributed by atoms with Crippen LogP contribution >= 0.6 is 0 Å². The van der Waals surface area contributed by atoms with Gasteiger partial charge in [0.15, 0.2) is 0 Å². The van der Waals surface area contributed by atoms with Gasteiger partial charge >= 0.3 is 5.97 Å². The Labute approximate surface area is 186 Å². The fraction of sp³-hybridized carbons (Fsp3) is 0.444. The zero-order valence-corrected chi connectivity index (χ0v) is 20.0. The third-order valence-corrected chi connectivity index (χ3v) is 5.67. The highest BCUT2D eigenvalue weighted by Crippen LogP contribution is 2.48. The summed E-state index contributed by atoms with van der Waals surface area (Å²) in [6.45, 7) is 16.8. The highest BCUT2D eigenvalue weighted by atomic mass is 19.1. The topological polar surface area (TPSA) is 46.5 Å². The first kappa shape index (κ1) is 24.6. The molecule has 1 N–H and O–H groups in total. The molecule has 1 aromatic rings. The van der Waals surface area contributed by atoms with E-state index in [2.05, 4.69) is 52.8 Å². The second-order valence-corrected chi connectivity index (χ2v) is 9.82. The maximum atomic E-state index is 15.1. The molecule has 2 rings (SSSR count). The normalized spacial score (nSPS) is 17.2. The summed E-state index contributed by atoms with van der Waals surface area (Å²) >= 11 is 0. The number of ether oxygens (including phenoxy) is 1. The highest BCUT2D eigenvalue weighted by Gasteiger charge is 2.33. The predicted molar refractivity (Wildman–Crippen MR) is 127 cm³/mol. The summed E-state index contributed by atoms with van der Waals surface area (Å²) in [5.41, 5.74) is 5.18. The SMILES string of the molecule is CCOc1cc2c(cc1\C(C)=C(F)/C=C/C(C)=C/C(=O)O)C(C(C)(C)C)=CCC2(C)C. The number of carboxylic acid groups (broad SMARTS) is 1. The Balaban J connectivity index is 2.69. The summed E-state index contributed by atoms with van der Waals surface area (Å²) in [4.78, 5) is 10.8. The average molecular weight is 427 g/mol. The number of benzene rings is 1. The van der Waals surface area contributed by atoms with Crippen molar-refractivity contribution in [1.82, 2.24) is 0 Å². The third kappa shape index (κ3) is 5.75. The largest absolute Gasteiger partial charge is 0.493 e. The lowest BCUT2D eigenvalue weighted by Gasteiger charge is -2.37. The number of fused-ring (bicyclic) bond motifs is 1. The second-order valence-electron chi connectivity index (χ2n) is 9.82. The predicted octanol–water partition coefficient (Wildman–Crippen LogP) is 7.48. The van der Waals surface area contributed by atoms with E-state index in [1.54, 1.807) is 13.8 Å². The minimum absolute atomic E-state index is 0.0372. The van der Waals surface area contributed by atoms with Crippen molar-refractivity contribution in [1.29, 1.82) is 0 Å². The Morgan fingerprint density at radius 1 is 1.23 bits per heavy atom. The maximum absolute atomic E-state index is 15.1. The first-order chi connectivity index (χ1) is 14.3. The summed E-state index contributed by atoms with van der Waals surface area (Å²) in [5.74, 6) is -0.806. The van der Waals surface area contributed by atoms with Crippen LogP contribution in [-0.4, -0.2) is 17.7 Å². The second kappa shape index (κ2) is 9.25.